The van der Waals surface area contributed by atoms with E-state index in [0.29, 0.717) is 15.2 Å². The fraction of sp³-hybridized carbons (Fsp3) is 0.211. The lowest BCUT2D eigenvalue weighted by atomic mass is 10.1. The van der Waals surface area contributed by atoms with E-state index in [2.05, 4.69) is 31.3 Å². The molecule has 29 heavy (non-hydrogen) atoms. The van der Waals surface area contributed by atoms with Gasteiger partial charge in [-0.1, -0.05) is 24.3 Å². The lowest BCUT2D eigenvalue weighted by Gasteiger charge is -2.14. The Kier molecular flexibility index (Phi) is 5.87. The predicted molar refractivity (Wildman–Crippen MR) is 113 cm³/mol. The van der Waals surface area contributed by atoms with Crippen LogP contribution in [0.4, 0.5) is 0 Å². The molecule has 152 valence electrons. The second-order valence-corrected chi connectivity index (χ2v) is 9.24. The molecule has 0 atom stereocenters. The zero-order valence-electron chi connectivity index (χ0n) is 15.9. The van der Waals surface area contributed by atoms with Crippen LogP contribution >= 0.6 is 15.9 Å². The average molecular weight is 479 g/mol. The molecule has 0 radical (unpaired) electrons. The predicted octanol–water partition coefficient (Wildman–Crippen LogP) is 2.67. The fourth-order valence-corrected chi connectivity index (χ4v) is 4.81. The number of rotatable bonds is 5. The fourth-order valence-electron chi connectivity index (χ4n) is 2.78. The van der Waals surface area contributed by atoms with Crippen molar-refractivity contribution < 1.29 is 13.2 Å². The van der Waals surface area contributed by atoms with E-state index in [-0.39, 0.29) is 22.2 Å². The van der Waals surface area contributed by atoms with Gasteiger partial charge in [0, 0.05) is 9.86 Å². The second kappa shape index (κ2) is 8.05. The summed E-state index contributed by atoms with van der Waals surface area (Å²) in [6.07, 6.45) is 0. The summed E-state index contributed by atoms with van der Waals surface area (Å²) in [6.45, 7) is 5.36. The van der Waals surface area contributed by atoms with Gasteiger partial charge < -0.3 is 0 Å². The topological polar surface area (TPSA) is 110 Å². The van der Waals surface area contributed by atoms with Crippen LogP contribution in [0.5, 0.6) is 0 Å². The Morgan fingerprint density at radius 2 is 1.79 bits per heavy atom. The summed E-state index contributed by atoms with van der Waals surface area (Å²) in [5.41, 5.74) is 2.68. The highest BCUT2D eigenvalue weighted by atomic mass is 79.9. The maximum atomic E-state index is 12.7. The molecule has 0 unspecified atom stereocenters. The zero-order valence-corrected chi connectivity index (χ0v) is 18.3. The molecular formula is C19H19BrN4O4S. The Morgan fingerprint density at radius 3 is 2.41 bits per heavy atom. The Hall–Kier alpha value is -2.56. The number of carbonyl (C=O) groups is 1. The summed E-state index contributed by atoms with van der Waals surface area (Å²) in [5, 5.41) is 4.81. The molecule has 0 spiro atoms. The van der Waals surface area contributed by atoms with Gasteiger partial charge in [0.1, 0.15) is 0 Å². The van der Waals surface area contributed by atoms with Crippen LogP contribution in [0.25, 0.3) is 10.8 Å². The van der Waals surface area contributed by atoms with Crippen molar-refractivity contribution in [2.75, 3.05) is 0 Å². The number of amides is 1. The van der Waals surface area contributed by atoms with Gasteiger partial charge in [-0.05, 0) is 60.5 Å². The van der Waals surface area contributed by atoms with E-state index >= 15 is 0 Å². The van der Waals surface area contributed by atoms with Gasteiger partial charge in [-0.2, -0.15) is 5.10 Å². The minimum Gasteiger partial charge on any atom is -0.272 e. The van der Waals surface area contributed by atoms with Gasteiger partial charge in [0.25, 0.3) is 21.5 Å². The first-order chi connectivity index (χ1) is 13.6. The van der Waals surface area contributed by atoms with Gasteiger partial charge in [-0.25, -0.2) is 13.1 Å². The summed E-state index contributed by atoms with van der Waals surface area (Å²) >= 11 is 3.22. The van der Waals surface area contributed by atoms with Gasteiger partial charge in [0.05, 0.1) is 16.3 Å². The van der Waals surface area contributed by atoms with Crippen LogP contribution in [-0.4, -0.2) is 24.1 Å². The molecule has 0 aliphatic carbocycles. The highest BCUT2D eigenvalue weighted by Crippen LogP contribution is 2.22. The lowest BCUT2D eigenvalue weighted by molar-refractivity contribution is 0.0939. The number of aryl methyl sites for hydroxylation is 1. The molecular weight excluding hydrogens is 460 g/mol. The van der Waals surface area contributed by atoms with Crippen LogP contribution < -0.4 is 15.8 Å². The normalized spacial score (nSPS) is 11.8. The van der Waals surface area contributed by atoms with Crippen molar-refractivity contribution in [1.82, 2.24) is 20.0 Å². The standard InChI is InChI=1S/C19H19BrN4O4S/c1-11(2)24-19(26)14-7-5-4-6-13(14)17(22-24)18(25)21-23-29(27,28)16-9-8-12(3)10-15(16)20/h4-11,23H,1-3H3,(H,21,25). The van der Waals surface area contributed by atoms with Crippen molar-refractivity contribution >= 4 is 42.6 Å². The quantitative estimate of drug-likeness (QED) is 0.547. The Bertz CT molecular complexity index is 1270. The van der Waals surface area contributed by atoms with Crippen molar-refractivity contribution in [1.29, 1.82) is 0 Å². The molecule has 1 aromatic heterocycles. The van der Waals surface area contributed by atoms with E-state index in [1.165, 1.54) is 10.7 Å². The second-order valence-electron chi connectivity index (χ2n) is 6.73. The third-order valence-corrected chi connectivity index (χ3v) is 6.43. The first kappa shape index (κ1) is 21.2. The van der Waals surface area contributed by atoms with Gasteiger partial charge in [-0.15, -0.1) is 4.83 Å². The summed E-state index contributed by atoms with van der Waals surface area (Å²) in [4.78, 5) is 27.4. The summed E-state index contributed by atoms with van der Waals surface area (Å²) in [5.74, 6) is -0.776. The molecule has 3 aromatic rings. The minimum atomic E-state index is -4.02. The number of hydrazine groups is 1. The van der Waals surface area contributed by atoms with E-state index in [4.69, 9.17) is 0 Å². The van der Waals surface area contributed by atoms with Crippen molar-refractivity contribution in [3.63, 3.8) is 0 Å². The van der Waals surface area contributed by atoms with Crippen molar-refractivity contribution in [2.24, 2.45) is 0 Å². The lowest BCUT2D eigenvalue weighted by Crippen LogP contribution is -2.43. The smallest absolute Gasteiger partial charge is 0.272 e. The van der Waals surface area contributed by atoms with Crippen molar-refractivity contribution in [2.45, 2.75) is 31.7 Å². The number of halogens is 1. The van der Waals surface area contributed by atoms with Crippen molar-refractivity contribution in [3.05, 3.63) is 68.5 Å². The molecule has 0 aliphatic rings. The summed E-state index contributed by atoms with van der Waals surface area (Å²) < 4.78 is 26.7. The van der Waals surface area contributed by atoms with Crippen LogP contribution in [-0.2, 0) is 10.0 Å². The molecule has 0 bridgehead atoms. The van der Waals surface area contributed by atoms with E-state index in [1.54, 1.807) is 50.2 Å². The van der Waals surface area contributed by atoms with Crippen LogP contribution in [0.3, 0.4) is 0 Å². The molecule has 2 N–H and O–H groups in total. The van der Waals surface area contributed by atoms with E-state index in [0.717, 1.165) is 5.56 Å². The van der Waals surface area contributed by atoms with Gasteiger partial charge in [-0.3, -0.25) is 15.0 Å². The highest BCUT2D eigenvalue weighted by Gasteiger charge is 2.22. The molecule has 10 heteroatoms. The molecule has 0 fully saturated rings. The molecule has 0 saturated carbocycles. The minimum absolute atomic E-state index is 0.0200. The largest absolute Gasteiger partial charge is 0.287 e. The number of hydrogen-bond acceptors (Lipinski definition) is 5. The Morgan fingerprint density at radius 1 is 1.14 bits per heavy atom. The Labute approximate surface area is 176 Å². The van der Waals surface area contributed by atoms with Crippen LogP contribution in [0.2, 0.25) is 0 Å². The van der Waals surface area contributed by atoms with Gasteiger partial charge in [0.2, 0.25) is 0 Å². The van der Waals surface area contributed by atoms with E-state index in [9.17, 15) is 18.0 Å². The Balaban J connectivity index is 1.96. The van der Waals surface area contributed by atoms with Crippen LogP contribution in [0.1, 0.15) is 35.9 Å². The number of fused-ring (bicyclic) bond motifs is 1. The van der Waals surface area contributed by atoms with Gasteiger partial charge in [0.15, 0.2) is 5.69 Å². The number of hydrogen-bond donors (Lipinski definition) is 2. The first-order valence-electron chi connectivity index (χ1n) is 8.71. The maximum Gasteiger partial charge on any atom is 0.287 e. The van der Waals surface area contributed by atoms with E-state index < -0.39 is 15.9 Å². The van der Waals surface area contributed by atoms with Crippen molar-refractivity contribution in [3.8, 4) is 0 Å². The number of aromatic nitrogens is 2. The maximum absolute atomic E-state index is 12.7. The third-order valence-electron chi connectivity index (χ3n) is 4.21. The number of benzene rings is 2. The first-order valence-corrected chi connectivity index (χ1v) is 11.0. The highest BCUT2D eigenvalue weighted by molar-refractivity contribution is 9.10. The molecule has 0 saturated heterocycles. The monoisotopic (exact) mass is 478 g/mol. The molecule has 0 aliphatic heterocycles. The van der Waals surface area contributed by atoms with Crippen LogP contribution in [0.15, 0.2) is 56.6 Å². The zero-order chi connectivity index (χ0) is 21.3. The SMILES string of the molecule is Cc1ccc(S(=O)(=O)NNC(=O)c2nn(C(C)C)c(=O)c3ccccc23)c(Br)c1. The molecule has 8 nitrogen and oxygen atoms in total. The summed E-state index contributed by atoms with van der Waals surface area (Å²) in [6, 6.07) is 11.0. The number of carbonyl (C=O) groups excluding carboxylic acids is 1. The average Bonchev–Trinajstić information content (AvgIpc) is 2.66. The molecule has 1 amide bonds. The summed E-state index contributed by atoms with van der Waals surface area (Å²) in [7, 11) is -4.02. The molecule has 1 heterocycles. The number of sulfonamides is 1. The van der Waals surface area contributed by atoms with Crippen LogP contribution in [0, 0.1) is 6.92 Å². The number of nitrogens with one attached hydrogen (secondary N) is 2. The van der Waals surface area contributed by atoms with E-state index in [1.807, 2.05) is 6.92 Å². The number of nitrogens with zero attached hydrogens (tertiary/aromatic N) is 2. The molecule has 3 rings (SSSR count). The third kappa shape index (κ3) is 4.24. The van der Waals surface area contributed by atoms with Gasteiger partial charge >= 0.3 is 0 Å². The molecule has 2 aromatic carbocycles.